The molecule has 3 atom stereocenters. The molecule has 1 aromatic heterocycles. The maximum atomic E-state index is 9.74. The van der Waals surface area contributed by atoms with E-state index < -0.39 is 0 Å². The number of aliphatic hydroxyl groups excluding tert-OH is 1. The smallest absolute Gasteiger partial charge is 0.0574 e. The summed E-state index contributed by atoms with van der Waals surface area (Å²) < 4.78 is 2.09. The predicted molar refractivity (Wildman–Crippen MR) is 59.6 cm³/mol. The molecule has 0 saturated heterocycles. The van der Waals surface area contributed by atoms with Crippen LogP contribution in [0.25, 0.3) is 0 Å². The van der Waals surface area contributed by atoms with E-state index >= 15 is 0 Å². The van der Waals surface area contributed by atoms with Gasteiger partial charge in [0.05, 0.1) is 12.1 Å². The van der Waals surface area contributed by atoms with Crippen molar-refractivity contribution in [2.45, 2.75) is 51.7 Å². The van der Waals surface area contributed by atoms with Gasteiger partial charge in [0.2, 0.25) is 0 Å². The molecule has 1 N–H and O–H groups in total. The maximum Gasteiger partial charge on any atom is 0.0574 e. The number of nitrogens with zero attached hydrogens (tertiary/aromatic N) is 2. The predicted octanol–water partition coefficient (Wildman–Crippen LogP) is 2.30. The third kappa shape index (κ3) is 2.07. The Morgan fingerprint density at radius 3 is 2.93 bits per heavy atom. The fraction of sp³-hybridized carbons (Fsp3) is 0.750. The molecule has 1 heterocycles. The molecule has 3 heteroatoms. The highest BCUT2D eigenvalue weighted by Gasteiger charge is 2.30. The van der Waals surface area contributed by atoms with E-state index in [1.807, 2.05) is 12.3 Å². The van der Waals surface area contributed by atoms with E-state index in [0.29, 0.717) is 12.0 Å². The van der Waals surface area contributed by atoms with Crippen LogP contribution in [-0.2, 0) is 0 Å². The molecule has 1 aliphatic carbocycles. The SMILES string of the molecule is CCC1CCC(O)CC1n1nccc1C. The van der Waals surface area contributed by atoms with Crippen molar-refractivity contribution in [2.24, 2.45) is 5.92 Å². The van der Waals surface area contributed by atoms with Crippen molar-refractivity contribution >= 4 is 0 Å². The number of hydrogen-bond acceptors (Lipinski definition) is 2. The number of rotatable bonds is 2. The van der Waals surface area contributed by atoms with Crippen molar-refractivity contribution in [1.29, 1.82) is 0 Å². The molecule has 3 nitrogen and oxygen atoms in total. The van der Waals surface area contributed by atoms with Gasteiger partial charge in [-0.15, -0.1) is 0 Å². The molecule has 1 aliphatic rings. The zero-order valence-corrected chi connectivity index (χ0v) is 9.56. The molecule has 0 aliphatic heterocycles. The van der Waals surface area contributed by atoms with Gasteiger partial charge in [-0.2, -0.15) is 5.10 Å². The Balaban J connectivity index is 2.20. The third-order valence-electron chi connectivity index (χ3n) is 3.64. The van der Waals surface area contributed by atoms with Gasteiger partial charge < -0.3 is 5.11 Å². The second-order valence-electron chi connectivity index (χ2n) is 4.62. The van der Waals surface area contributed by atoms with E-state index in [-0.39, 0.29) is 6.10 Å². The van der Waals surface area contributed by atoms with Gasteiger partial charge in [0, 0.05) is 11.9 Å². The van der Waals surface area contributed by atoms with Crippen LogP contribution in [0.15, 0.2) is 12.3 Å². The molecule has 15 heavy (non-hydrogen) atoms. The number of aromatic nitrogens is 2. The summed E-state index contributed by atoms with van der Waals surface area (Å²) >= 11 is 0. The van der Waals surface area contributed by atoms with Gasteiger partial charge in [-0.3, -0.25) is 4.68 Å². The van der Waals surface area contributed by atoms with Gasteiger partial charge in [0.25, 0.3) is 0 Å². The fourth-order valence-corrected chi connectivity index (χ4v) is 2.69. The lowest BCUT2D eigenvalue weighted by molar-refractivity contribution is 0.0660. The minimum absolute atomic E-state index is 0.138. The number of aryl methyl sites for hydroxylation is 1. The minimum Gasteiger partial charge on any atom is -0.393 e. The maximum absolute atomic E-state index is 9.74. The molecular weight excluding hydrogens is 188 g/mol. The van der Waals surface area contributed by atoms with Crippen molar-refractivity contribution in [1.82, 2.24) is 9.78 Å². The van der Waals surface area contributed by atoms with Crippen LogP contribution in [0, 0.1) is 12.8 Å². The Labute approximate surface area is 91.1 Å². The summed E-state index contributed by atoms with van der Waals surface area (Å²) in [4.78, 5) is 0. The first-order valence-corrected chi connectivity index (χ1v) is 5.90. The van der Waals surface area contributed by atoms with Crippen LogP contribution in [0.3, 0.4) is 0 Å². The fourth-order valence-electron chi connectivity index (χ4n) is 2.69. The minimum atomic E-state index is -0.138. The molecule has 0 amide bonds. The van der Waals surface area contributed by atoms with Gasteiger partial charge >= 0.3 is 0 Å². The first-order valence-electron chi connectivity index (χ1n) is 5.90. The average molecular weight is 208 g/mol. The first-order chi connectivity index (χ1) is 7.22. The average Bonchev–Trinajstić information content (AvgIpc) is 2.64. The number of hydrogen-bond donors (Lipinski definition) is 1. The monoisotopic (exact) mass is 208 g/mol. The summed E-state index contributed by atoms with van der Waals surface area (Å²) in [5, 5.41) is 14.1. The summed E-state index contributed by atoms with van der Waals surface area (Å²) in [6, 6.07) is 2.43. The molecule has 1 fully saturated rings. The molecule has 1 saturated carbocycles. The van der Waals surface area contributed by atoms with Crippen molar-refractivity contribution in [3.8, 4) is 0 Å². The second kappa shape index (κ2) is 4.35. The van der Waals surface area contributed by atoms with Crippen LogP contribution < -0.4 is 0 Å². The van der Waals surface area contributed by atoms with Crippen LogP contribution in [0.5, 0.6) is 0 Å². The van der Waals surface area contributed by atoms with Crippen LogP contribution >= 0.6 is 0 Å². The van der Waals surface area contributed by atoms with Crippen LogP contribution in [0.1, 0.15) is 44.3 Å². The Bertz CT molecular complexity index is 321. The lowest BCUT2D eigenvalue weighted by atomic mass is 9.81. The molecule has 2 rings (SSSR count). The van der Waals surface area contributed by atoms with Gasteiger partial charge in [0.1, 0.15) is 0 Å². The molecule has 0 bridgehead atoms. The van der Waals surface area contributed by atoms with E-state index in [9.17, 15) is 5.11 Å². The van der Waals surface area contributed by atoms with E-state index in [2.05, 4.69) is 23.6 Å². The van der Waals surface area contributed by atoms with Crippen LogP contribution in [0.4, 0.5) is 0 Å². The molecule has 0 aromatic carbocycles. The lowest BCUT2D eigenvalue weighted by Gasteiger charge is -2.34. The van der Waals surface area contributed by atoms with Gasteiger partial charge in [-0.25, -0.2) is 0 Å². The molecule has 1 aromatic rings. The molecule has 0 spiro atoms. The van der Waals surface area contributed by atoms with Crippen molar-refractivity contribution in [2.75, 3.05) is 0 Å². The first kappa shape index (κ1) is 10.7. The van der Waals surface area contributed by atoms with Gasteiger partial charge in [-0.1, -0.05) is 13.3 Å². The highest BCUT2D eigenvalue weighted by Crippen LogP contribution is 2.36. The van der Waals surface area contributed by atoms with Crippen molar-refractivity contribution in [3.05, 3.63) is 18.0 Å². The largest absolute Gasteiger partial charge is 0.393 e. The van der Waals surface area contributed by atoms with E-state index in [0.717, 1.165) is 19.3 Å². The van der Waals surface area contributed by atoms with Crippen molar-refractivity contribution < 1.29 is 5.11 Å². The highest BCUT2D eigenvalue weighted by molar-refractivity contribution is 5.00. The summed E-state index contributed by atoms with van der Waals surface area (Å²) in [5.41, 5.74) is 1.20. The lowest BCUT2D eigenvalue weighted by Crippen LogP contribution is -2.31. The Morgan fingerprint density at radius 2 is 2.33 bits per heavy atom. The standard InChI is InChI=1S/C12H20N2O/c1-3-10-4-5-11(15)8-12(10)14-9(2)6-7-13-14/h6-7,10-12,15H,3-5,8H2,1-2H3. The molecule has 3 unspecified atom stereocenters. The van der Waals surface area contributed by atoms with E-state index in [4.69, 9.17) is 0 Å². The van der Waals surface area contributed by atoms with Crippen molar-refractivity contribution in [3.63, 3.8) is 0 Å². The molecule has 84 valence electrons. The summed E-state index contributed by atoms with van der Waals surface area (Å²) in [6.45, 7) is 4.31. The van der Waals surface area contributed by atoms with E-state index in [1.54, 1.807) is 0 Å². The Kier molecular flexibility index (Phi) is 3.10. The second-order valence-corrected chi connectivity index (χ2v) is 4.62. The Hall–Kier alpha value is -0.830. The zero-order valence-electron chi connectivity index (χ0n) is 9.56. The normalized spacial score (nSPS) is 31.8. The summed E-state index contributed by atoms with van der Waals surface area (Å²) in [7, 11) is 0. The molecule has 0 radical (unpaired) electrons. The topological polar surface area (TPSA) is 38.0 Å². The van der Waals surface area contributed by atoms with Gasteiger partial charge in [-0.05, 0) is 38.2 Å². The van der Waals surface area contributed by atoms with Crippen LogP contribution in [-0.4, -0.2) is 21.0 Å². The van der Waals surface area contributed by atoms with E-state index in [1.165, 1.54) is 12.1 Å². The Morgan fingerprint density at radius 1 is 1.53 bits per heavy atom. The summed E-state index contributed by atoms with van der Waals surface area (Å²) in [5.74, 6) is 0.673. The number of aliphatic hydroxyl groups is 1. The highest BCUT2D eigenvalue weighted by atomic mass is 16.3. The summed E-state index contributed by atoms with van der Waals surface area (Å²) in [6.07, 6.45) is 5.83. The van der Waals surface area contributed by atoms with Gasteiger partial charge in [0.15, 0.2) is 0 Å². The van der Waals surface area contributed by atoms with Crippen LogP contribution in [0.2, 0.25) is 0 Å². The quantitative estimate of drug-likeness (QED) is 0.810. The third-order valence-corrected chi connectivity index (χ3v) is 3.64. The zero-order chi connectivity index (χ0) is 10.8. The molecular formula is C12H20N2O.